The van der Waals surface area contributed by atoms with Gasteiger partial charge in [-0.25, -0.2) is 0 Å². The Hall–Kier alpha value is 0.230. The molecule has 3 aliphatic heterocycles. The van der Waals surface area contributed by atoms with Gasteiger partial charge >= 0.3 is 0 Å². The Kier molecular flexibility index (Phi) is 15.1. The third-order valence-electron chi connectivity index (χ3n) is 7.74. The molecular weight excluding hydrogens is 605 g/mol. The van der Waals surface area contributed by atoms with Gasteiger partial charge in [-0.2, -0.15) is 0 Å². The number of halogens is 3. The minimum atomic E-state index is -1.54. The zero-order valence-electron chi connectivity index (χ0n) is 21.7. The van der Waals surface area contributed by atoms with E-state index in [4.69, 9.17) is 46.6 Å². The van der Waals surface area contributed by atoms with Crippen LogP contribution in [0.4, 0.5) is 0 Å². The van der Waals surface area contributed by atoms with Gasteiger partial charge in [0.05, 0.1) is 36.9 Å². The van der Waals surface area contributed by atoms with E-state index in [1.165, 1.54) is 0 Å². The van der Waals surface area contributed by atoms with Crippen molar-refractivity contribution in [1.82, 2.24) is 5.32 Å². The lowest BCUT2D eigenvalue weighted by Gasteiger charge is -2.51. The lowest BCUT2D eigenvalue weighted by molar-refractivity contribution is -0.373. The van der Waals surface area contributed by atoms with Crippen molar-refractivity contribution in [2.75, 3.05) is 13.7 Å². The molecule has 4 rings (SSSR count). The van der Waals surface area contributed by atoms with Crippen LogP contribution in [0.15, 0.2) is 0 Å². The largest absolute Gasteiger partial charge is 0.394 e. The lowest BCUT2D eigenvalue weighted by Crippen LogP contribution is -2.70. The highest BCUT2D eigenvalue weighted by atomic mass is 35.5. The van der Waals surface area contributed by atoms with Gasteiger partial charge < -0.3 is 82.6 Å². The van der Waals surface area contributed by atoms with Gasteiger partial charge in [-0.15, -0.1) is 37.2 Å². The van der Waals surface area contributed by atoms with Crippen LogP contribution in [0, 0.1) is 0 Å². The van der Waals surface area contributed by atoms with Crippen molar-refractivity contribution in [2.45, 2.75) is 117 Å². The van der Waals surface area contributed by atoms with Crippen LogP contribution in [0.5, 0.6) is 0 Å². The molecule has 0 spiro atoms. The fourth-order valence-corrected chi connectivity index (χ4v) is 5.46. The summed E-state index contributed by atoms with van der Waals surface area (Å²) < 4.78 is 29.2. The number of likely N-dealkylation sites (N-methyl/N-ethyl adjacent to an activating group) is 1. The van der Waals surface area contributed by atoms with Crippen molar-refractivity contribution in [3.05, 3.63) is 0 Å². The Morgan fingerprint density at radius 2 is 1.35 bits per heavy atom. The third-order valence-corrected chi connectivity index (χ3v) is 7.74. The topological polar surface area (TPSA) is 284 Å². The molecule has 0 radical (unpaired) electrons. The predicted molar refractivity (Wildman–Crippen MR) is 145 cm³/mol. The van der Waals surface area contributed by atoms with Gasteiger partial charge in [0, 0.05) is 12.1 Å². The summed E-state index contributed by atoms with van der Waals surface area (Å²) in [4.78, 5) is 0. The summed E-state index contributed by atoms with van der Waals surface area (Å²) in [6, 6.07) is -4.05. The number of nitrogens with two attached hydrogens (primary N) is 4. The van der Waals surface area contributed by atoms with Crippen molar-refractivity contribution >= 4 is 37.2 Å². The second kappa shape index (κ2) is 15.8. The van der Waals surface area contributed by atoms with Gasteiger partial charge in [0.15, 0.2) is 18.9 Å². The van der Waals surface area contributed by atoms with Gasteiger partial charge in [0.1, 0.15) is 42.7 Å². The Morgan fingerprint density at radius 1 is 0.700 bits per heavy atom. The number of rotatable bonds is 6. The molecule has 15 N–H and O–H groups in total. The summed E-state index contributed by atoms with van der Waals surface area (Å²) >= 11 is 0. The summed E-state index contributed by atoms with van der Waals surface area (Å²) in [5.74, 6) is 0. The maximum atomic E-state index is 11.1. The first-order valence-corrected chi connectivity index (χ1v) is 12.5. The van der Waals surface area contributed by atoms with Gasteiger partial charge in [0.25, 0.3) is 0 Å². The number of ether oxygens (including phenoxy) is 5. The Labute approximate surface area is 250 Å². The quantitative estimate of drug-likeness (QED) is 0.128. The van der Waals surface area contributed by atoms with Gasteiger partial charge in [-0.1, -0.05) is 0 Å². The Balaban J connectivity index is 0.00000267. The molecule has 240 valence electrons. The van der Waals surface area contributed by atoms with Crippen molar-refractivity contribution < 1.29 is 54.3 Å². The fourth-order valence-electron chi connectivity index (χ4n) is 5.46. The normalized spacial score (nSPS) is 50.9. The smallest absolute Gasteiger partial charge is 0.189 e. The molecular formula is C21H44Cl3N5O11. The first kappa shape index (κ1) is 38.3. The average Bonchev–Trinajstić information content (AvgIpc) is 2.86. The molecule has 40 heavy (non-hydrogen) atoms. The molecule has 2 unspecified atom stereocenters. The van der Waals surface area contributed by atoms with Crippen LogP contribution >= 0.6 is 37.2 Å². The van der Waals surface area contributed by atoms with Crippen LogP contribution in [0.2, 0.25) is 0 Å². The minimum Gasteiger partial charge on any atom is -0.394 e. The summed E-state index contributed by atoms with van der Waals surface area (Å²) in [6.45, 7) is -0.508. The Morgan fingerprint density at radius 3 is 1.95 bits per heavy atom. The number of nitrogens with one attached hydrogen (secondary N) is 1. The first-order valence-electron chi connectivity index (χ1n) is 12.5. The molecule has 4 fully saturated rings. The highest BCUT2D eigenvalue weighted by Gasteiger charge is 2.54. The molecule has 1 aliphatic carbocycles. The van der Waals surface area contributed by atoms with E-state index in [-0.39, 0.29) is 50.1 Å². The van der Waals surface area contributed by atoms with E-state index in [0.29, 0.717) is 0 Å². The highest BCUT2D eigenvalue weighted by molar-refractivity contribution is 5.86. The van der Waals surface area contributed by atoms with E-state index < -0.39 is 111 Å². The molecule has 0 aromatic heterocycles. The van der Waals surface area contributed by atoms with Crippen molar-refractivity contribution in [1.29, 1.82) is 0 Å². The predicted octanol–water partition coefficient (Wildman–Crippen LogP) is -5.68. The SMILES string of the molecule is CN[C@@H]1C(O[C@H]2O[C@H](CO)[C@@H](N)[C@H](O)[C@H]2O)O[C@H]2C[C@@H](N)[C@@H](OC3[C@@H](N)C[C@@H](N)[C@H](O)[C@H]3O)O[C@@H]2[C@@H]1O.Cl.Cl.Cl. The fraction of sp³-hybridized carbons (Fsp3) is 1.00. The molecule has 0 amide bonds. The monoisotopic (exact) mass is 647 g/mol. The van der Waals surface area contributed by atoms with Gasteiger partial charge in [-0.3, -0.25) is 0 Å². The van der Waals surface area contributed by atoms with E-state index in [1.54, 1.807) is 7.05 Å². The molecule has 3 saturated heterocycles. The summed E-state index contributed by atoms with van der Waals surface area (Å²) in [5.41, 5.74) is 24.0. The first-order chi connectivity index (χ1) is 17.5. The molecule has 19 heteroatoms. The third kappa shape index (κ3) is 7.47. The molecule has 16 nitrogen and oxygen atoms in total. The van der Waals surface area contributed by atoms with Crippen LogP contribution in [-0.2, 0) is 23.7 Å². The number of aliphatic hydroxyl groups is 6. The van der Waals surface area contributed by atoms with Crippen molar-refractivity contribution in [2.24, 2.45) is 22.9 Å². The molecule has 17 atom stereocenters. The highest BCUT2D eigenvalue weighted by Crippen LogP contribution is 2.35. The summed E-state index contributed by atoms with van der Waals surface area (Å²) in [5, 5.41) is 64.7. The van der Waals surface area contributed by atoms with Gasteiger partial charge in [-0.05, 0) is 19.9 Å². The minimum absolute atomic E-state index is 0. The zero-order valence-corrected chi connectivity index (χ0v) is 24.1. The van der Waals surface area contributed by atoms with Crippen LogP contribution < -0.4 is 28.3 Å². The summed E-state index contributed by atoms with van der Waals surface area (Å²) in [7, 11) is 1.55. The average molecular weight is 649 g/mol. The van der Waals surface area contributed by atoms with E-state index >= 15 is 0 Å². The van der Waals surface area contributed by atoms with E-state index in [2.05, 4.69) is 5.32 Å². The molecule has 0 aromatic carbocycles. The van der Waals surface area contributed by atoms with E-state index in [9.17, 15) is 30.6 Å². The molecule has 0 aromatic rings. The lowest BCUT2D eigenvalue weighted by atomic mass is 9.84. The number of fused-ring (bicyclic) bond motifs is 1. The number of hydrogen-bond donors (Lipinski definition) is 11. The zero-order chi connectivity index (χ0) is 27.2. The Bertz CT molecular complexity index is 771. The van der Waals surface area contributed by atoms with Crippen molar-refractivity contribution in [3.63, 3.8) is 0 Å². The molecule has 0 bridgehead atoms. The van der Waals surface area contributed by atoms with Crippen LogP contribution in [-0.4, -0.2) is 148 Å². The van der Waals surface area contributed by atoms with E-state index in [1.807, 2.05) is 0 Å². The second-order valence-corrected chi connectivity index (χ2v) is 10.3. The van der Waals surface area contributed by atoms with Crippen molar-refractivity contribution in [3.8, 4) is 0 Å². The van der Waals surface area contributed by atoms with Crippen LogP contribution in [0.1, 0.15) is 12.8 Å². The molecule has 4 aliphatic rings. The van der Waals surface area contributed by atoms with Crippen LogP contribution in [0.3, 0.4) is 0 Å². The number of aliphatic hydroxyl groups excluding tert-OH is 6. The standard InChI is InChI=1S/C21H41N5O11.3ClH/c1-26-11-14(30)18-8(33-20(11)37-21-16(32)13(29)10(25)9(4-27)34-21)3-7(24)19(36-18)35-17-6(23)2-5(22)12(28)15(17)31;;;/h5-21,26-32H,2-4,22-25H2,1H3;3*1H/t5-,6+,7-,8+,9-,10-,11+,12+,13+,14-,15-,16-,17?,18+,19+,20?,21-;;;/m1.../s1. The summed E-state index contributed by atoms with van der Waals surface area (Å²) in [6.07, 6.45) is -13.7. The van der Waals surface area contributed by atoms with E-state index in [0.717, 1.165) is 0 Å². The maximum Gasteiger partial charge on any atom is 0.189 e. The second-order valence-electron chi connectivity index (χ2n) is 10.3. The molecule has 1 saturated carbocycles. The van der Waals surface area contributed by atoms with Crippen LogP contribution in [0.25, 0.3) is 0 Å². The number of hydrogen-bond acceptors (Lipinski definition) is 16. The van der Waals surface area contributed by atoms with Gasteiger partial charge in [0.2, 0.25) is 0 Å². The maximum absolute atomic E-state index is 11.1. The molecule has 3 heterocycles.